The van der Waals surface area contributed by atoms with E-state index < -0.39 is 28.9 Å². The fraction of sp³-hybridized carbons (Fsp3) is 0.167. The second kappa shape index (κ2) is 11.6. The zero-order valence-electron chi connectivity index (χ0n) is 20.1. The number of rotatable bonds is 10. The topological polar surface area (TPSA) is 132 Å². The average molecular weight is 689 g/mol. The van der Waals surface area contributed by atoms with Crippen LogP contribution in [0.2, 0.25) is 0 Å². The van der Waals surface area contributed by atoms with Crippen molar-refractivity contribution in [1.82, 2.24) is 19.7 Å². The number of methoxy groups -OCH3 is 2. The summed E-state index contributed by atoms with van der Waals surface area (Å²) in [5, 5.41) is 10.2. The minimum Gasteiger partial charge on any atom is -0.497 e. The molecule has 38 heavy (non-hydrogen) atoms. The molecular formula is C24H22ClIN4O6S2. The van der Waals surface area contributed by atoms with Crippen molar-refractivity contribution in [3.63, 3.8) is 0 Å². The van der Waals surface area contributed by atoms with Crippen LogP contribution in [-0.4, -0.2) is 50.8 Å². The lowest BCUT2D eigenvalue weighted by Gasteiger charge is -2.25. The summed E-state index contributed by atoms with van der Waals surface area (Å²) in [4.78, 5) is -1.03. The van der Waals surface area contributed by atoms with Gasteiger partial charge in [-0.15, -0.1) is 0 Å². The highest BCUT2D eigenvalue weighted by Gasteiger charge is 2.36. The second-order valence-corrected chi connectivity index (χ2v) is 13.6. The SMILES string of the molecule is COc1ccc(CN(Cc2ccc(OC)cc2)S(=O)(=O)c2c(S(=O)(=O)Cl)ccc(I)c2-c2cn[nH]n2)cc1. The molecule has 0 saturated heterocycles. The number of nitrogens with zero attached hydrogens (tertiary/aromatic N) is 3. The predicted molar refractivity (Wildman–Crippen MR) is 150 cm³/mol. The largest absolute Gasteiger partial charge is 0.497 e. The standard InChI is InChI=1S/C24H22ClIN4O6S2/c1-35-18-7-3-16(4-8-18)14-30(15-17-5-9-19(36-2)10-6-17)38(33,34)24-22(37(25,31)32)12-11-20(26)23(24)21-13-27-29-28-21/h3-13H,14-15H2,1-2H3,(H,27,28,29). The Labute approximate surface area is 238 Å². The van der Waals surface area contributed by atoms with Gasteiger partial charge >= 0.3 is 0 Å². The Balaban J connectivity index is 1.92. The Morgan fingerprint density at radius 3 is 1.82 bits per heavy atom. The first-order chi connectivity index (χ1) is 18.0. The molecule has 0 bridgehead atoms. The smallest absolute Gasteiger partial charge is 0.262 e. The van der Waals surface area contributed by atoms with Gasteiger partial charge in [0, 0.05) is 32.9 Å². The number of nitrogens with one attached hydrogen (secondary N) is 1. The van der Waals surface area contributed by atoms with Crippen molar-refractivity contribution in [3.05, 3.63) is 81.6 Å². The quantitative estimate of drug-likeness (QED) is 0.192. The van der Waals surface area contributed by atoms with E-state index in [1.54, 1.807) is 48.5 Å². The van der Waals surface area contributed by atoms with Gasteiger partial charge in [0.2, 0.25) is 10.0 Å². The van der Waals surface area contributed by atoms with Crippen LogP contribution in [0.15, 0.2) is 76.7 Å². The molecule has 4 rings (SSSR count). The first-order valence-electron chi connectivity index (χ1n) is 10.9. The van der Waals surface area contributed by atoms with Gasteiger partial charge in [0.1, 0.15) is 27.0 Å². The lowest BCUT2D eigenvalue weighted by molar-refractivity contribution is 0.396. The van der Waals surface area contributed by atoms with Crippen LogP contribution in [0.3, 0.4) is 0 Å². The third-order valence-electron chi connectivity index (χ3n) is 5.64. The number of benzene rings is 3. The molecule has 1 aromatic heterocycles. The Bertz CT molecular complexity index is 1580. The van der Waals surface area contributed by atoms with Gasteiger partial charge in [-0.25, -0.2) is 16.8 Å². The highest BCUT2D eigenvalue weighted by molar-refractivity contribution is 14.1. The van der Waals surface area contributed by atoms with Gasteiger partial charge in [-0.05, 0) is 70.1 Å². The Morgan fingerprint density at radius 2 is 1.39 bits per heavy atom. The second-order valence-electron chi connectivity index (χ2n) is 8.01. The molecule has 14 heteroatoms. The molecule has 0 atom stereocenters. The van der Waals surface area contributed by atoms with E-state index in [1.807, 2.05) is 22.6 Å². The number of ether oxygens (including phenoxy) is 2. The molecule has 1 N–H and O–H groups in total. The zero-order chi connectivity index (χ0) is 27.5. The van der Waals surface area contributed by atoms with Crippen molar-refractivity contribution in [2.24, 2.45) is 0 Å². The van der Waals surface area contributed by atoms with Crippen molar-refractivity contribution in [2.45, 2.75) is 22.9 Å². The molecule has 4 aromatic rings. The minimum absolute atomic E-state index is 0.0656. The first kappa shape index (κ1) is 28.3. The molecule has 0 aliphatic rings. The molecule has 1 heterocycles. The molecule has 0 aliphatic carbocycles. The molecule has 0 spiro atoms. The van der Waals surface area contributed by atoms with Crippen molar-refractivity contribution in [1.29, 1.82) is 0 Å². The van der Waals surface area contributed by atoms with Gasteiger partial charge in [0.05, 0.1) is 20.4 Å². The van der Waals surface area contributed by atoms with E-state index in [2.05, 4.69) is 15.4 Å². The van der Waals surface area contributed by atoms with Crippen LogP contribution < -0.4 is 9.47 Å². The summed E-state index contributed by atoms with van der Waals surface area (Å²) in [5.41, 5.74) is 1.55. The van der Waals surface area contributed by atoms with Gasteiger partial charge in [0.25, 0.3) is 9.05 Å². The molecule has 10 nitrogen and oxygen atoms in total. The fourth-order valence-corrected chi connectivity index (χ4v) is 8.09. The number of hydrogen-bond donors (Lipinski definition) is 1. The summed E-state index contributed by atoms with van der Waals surface area (Å²) in [6.45, 7) is -0.131. The average Bonchev–Trinajstić information content (AvgIpc) is 3.43. The fourth-order valence-electron chi connectivity index (χ4n) is 3.77. The van der Waals surface area contributed by atoms with Gasteiger partial charge < -0.3 is 9.47 Å². The summed E-state index contributed by atoms with van der Waals surface area (Å²) < 4.78 is 66.1. The van der Waals surface area contributed by atoms with Crippen LogP contribution >= 0.6 is 33.3 Å². The molecule has 0 saturated carbocycles. The molecule has 0 radical (unpaired) electrons. The van der Waals surface area contributed by atoms with Crippen molar-refractivity contribution in [3.8, 4) is 22.8 Å². The van der Waals surface area contributed by atoms with Crippen LogP contribution in [0.5, 0.6) is 11.5 Å². The van der Waals surface area contributed by atoms with Gasteiger partial charge in [-0.2, -0.15) is 19.7 Å². The summed E-state index contributed by atoms with van der Waals surface area (Å²) in [7, 11) is -0.144. The Hall–Kier alpha value is -2.72. The Morgan fingerprint density at radius 1 is 0.868 bits per heavy atom. The summed E-state index contributed by atoms with van der Waals surface area (Å²) in [5.74, 6) is 1.22. The maximum absolute atomic E-state index is 14.4. The van der Waals surface area contributed by atoms with Gasteiger partial charge in [0.15, 0.2) is 0 Å². The third kappa shape index (κ3) is 6.12. The maximum Gasteiger partial charge on any atom is 0.262 e. The zero-order valence-corrected chi connectivity index (χ0v) is 24.7. The highest BCUT2D eigenvalue weighted by atomic mass is 127. The lowest BCUT2D eigenvalue weighted by atomic mass is 10.2. The number of aromatic amines is 1. The molecule has 0 amide bonds. The number of halogens is 2. The summed E-state index contributed by atoms with van der Waals surface area (Å²) in [6.07, 6.45) is 1.32. The summed E-state index contributed by atoms with van der Waals surface area (Å²) in [6, 6.07) is 16.5. The summed E-state index contributed by atoms with van der Waals surface area (Å²) >= 11 is 1.93. The van der Waals surface area contributed by atoms with E-state index in [1.165, 1.54) is 36.9 Å². The lowest BCUT2D eigenvalue weighted by Crippen LogP contribution is -2.32. The molecule has 0 aliphatic heterocycles. The third-order valence-corrected chi connectivity index (χ3v) is 9.91. The molecule has 0 unspecified atom stereocenters. The Kier molecular flexibility index (Phi) is 8.62. The van der Waals surface area contributed by atoms with Crippen LogP contribution in [0.4, 0.5) is 0 Å². The van der Waals surface area contributed by atoms with E-state index >= 15 is 0 Å². The molecule has 3 aromatic carbocycles. The van der Waals surface area contributed by atoms with Crippen LogP contribution in [0.1, 0.15) is 11.1 Å². The molecule has 200 valence electrons. The molecular weight excluding hydrogens is 667 g/mol. The van der Waals surface area contributed by atoms with E-state index in [-0.39, 0.29) is 24.3 Å². The van der Waals surface area contributed by atoms with Crippen LogP contribution in [0.25, 0.3) is 11.3 Å². The van der Waals surface area contributed by atoms with Crippen LogP contribution in [-0.2, 0) is 32.2 Å². The normalized spacial score (nSPS) is 12.0. The van der Waals surface area contributed by atoms with Crippen molar-refractivity contribution in [2.75, 3.05) is 14.2 Å². The van der Waals surface area contributed by atoms with E-state index in [4.69, 9.17) is 20.2 Å². The number of aromatic nitrogens is 3. The van der Waals surface area contributed by atoms with E-state index in [0.717, 1.165) is 0 Å². The van der Waals surface area contributed by atoms with Gasteiger partial charge in [-0.3, -0.25) is 0 Å². The predicted octanol–water partition coefficient (Wildman–Crippen LogP) is 4.41. The van der Waals surface area contributed by atoms with E-state index in [9.17, 15) is 16.8 Å². The monoisotopic (exact) mass is 688 g/mol. The number of sulfonamides is 1. The van der Waals surface area contributed by atoms with Crippen molar-refractivity contribution < 1.29 is 26.3 Å². The van der Waals surface area contributed by atoms with E-state index in [0.29, 0.717) is 26.2 Å². The minimum atomic E-state index is -4.50. The first-order valence-corrected chi connectivity index (χ1v) is 15.8. The highest BCUT2D eigenvalue weighted by Crippen LogP contribution is 2.39. The maximum atomic E-state index is 14.4. The van der Waals surface area contributed by atoms with Crippen molar-refractivity contribution >= 4 is 52.3 Å². The molecule has 0 fully saturated rings. The van der Waals surface area contributed by atoms with Gasteiger partial charge in [-0.1, -0.05) is 24.3 Å². The number of hydrogen-bond acceptors (Lipinski definition) is 8. The van der Waals surface area contributed by atoms with Crippen LogP contribution in [0, 0.1) is 3.57 Å². The number of H-pyrrole nitrogens is 1.